The van der Waals surface area contributed by atoms with Crippen molar-refractivity contribution >= 4 is 15.9 Å². The van der Waals surface area contributed by atoms with Crippen LogP contribution >= 0.6 is 15.9 Å². The molecule has 0 spiro atoms. The van der Waals surface area contributed by atoms with Crippen LogP contribution in [-0.4, -0.2) is 5.11 Å². The third kappa shape index (κ3) is 3.15. The van der Waals surface area contributed by atoms with E-state index in [-0.39, 0.29) is 11.6 Å². The number of hydrogen-bond acceptors (Lipinski definition) is 1. The topological polar surface area (TPSA) is 20.2 Å². The van der Waals surface area contributed by atoms with Crippen LogP contribution in [0.5, 0.6) is 0 Å². The summed E-state index contributed by atoms with van der Waals surface area (Å²) in [4.78, 5) is 0. The van der Waals surface area contributed by atoms with Gasteiger partial charge in [0.25, 0.3) is 0 Å². The van der Waals surface area contributed by atoms with Gasteiger partial charge in [-0.15, -0.1) is 0 Å². The molecule has 0 aromatic heterocycles. The molecule has 0 saturated heterocycles. The van der Waals surface area contributed by atoms with E-state index in [1.54, 1.807) is 24.3 Å². The van der Waals surface area contributed by atoms with Crippen molar-refractivity contribution in [1.82, 2.24) is 0 Å². The molecule has 1 atom stereocenters. The maximum atomic E-state index is 13.1. The summed E-state index contributed by atoms with van der Waals surface area (Å²) >= 11 is 3.10. The Balaban J connectivity index is 2.13. The van der Waals surface area contributed by atoms with Gasteiger partial charge in [-0.2, -0.15) is 0 Å². The summed E-state index contributed by atoms with van der Waals surface area (Å²) in [5.74, 6) is -0.675. The summed E-state index contributed by atoms with van der Waals surface area (Å²) in [5, 5.41) is 9.99. The van der Waals surface area contributed by atoms with E-state index in [2.05, 4.69) is 15.9 Å². The first-order chi connectivity index (χ1) is 8.56. The second-order valence-electron chi connectivity index (χ2n) is 4.02. The average Bonchev–Trinajstić information content (AvgIpc) is 2.34. The SMILES string of the molecule is OC(Cc1ccc(F)c(Br)c1)c1ccc(F)cc1. The van der Waals surface area contributed by atoms with E-state index in [9.17, 15) is 13.9 Å². The lowest BCUT2D eigenvalue weighted by Crippen LogP contribution is -2.02. The van der Waals surface area contributed by atoms with Crippen LogP contribution in [0.3, 0.4) is 0 Å². The molecule has 0 radical (unpaired) electrons. The minimum Gasteiger partial charge on any atom is -0.388 e. The fraction of sp³-hybridized carbons (Fsp3) is 0.143. The van der Waals surface area contributed by atoms with Crippen LogP contribution in [0.4, 0.5) is 8.78 Å². The molecule has 18 heavy (non-hydrogen) atoms. The molecule has 2 rings (SSSR count). The van der Waals surface area contributed by atoms with Gasteiger partial charge in [0.05, 0.1) is 10.6 Å². The fourth-order valence-electron chi connectivity index (χ4n) is 1.69. The van der Waals surface area contributed by atoms with Gasteiger partial charge in [0.2, 0.25) is 0 Å². The number of aliphatic hydroxyl groups excluding tert-OH is 1. The maximum Gasteiger partial charge on any atom is 0.137 e. The van der Waals surface area contributed by atoms with E-state index in [1.807, 2.05) is 0 Å². The Bertz CT molecular complexity index is 540. The van der Waals surface area contributed by atoms with Gasteiger partial charge in [0.15, 0.2) is 0 Å². The van der Waals surface area contributed by atoms with Crippen molar-refractivity contribution in [3.05, 3.63) is 69.7 Å². The van der Waals surface area contributed by atoms with Gasteiger partial charge in [-0.3, -0.25) is 0 Å². The van der Waals surface area contributed by atoms with E-state index < -0.39 is 6.10 Å². The van der Waals surface area contributed by atoms with Crippen LogP contribution < -0.4 is 0 Å². The molecule has 94 valence electrons. The lowest BCUT2D eigenvalue weighted by molar-refractivity contribution is 0.178. The van der Waals surface area contributed by atoms with Gasteiger partial charge >= 0.3 is 0 Å². The predicted molar refractivity (Wildman–Crippen MR) is 69.2 cm³/mol. The summed E-state index contributed by atoms with van der Waals surface area (Å²) in [6.45, 7) is 0. The molecule has 0 fully saturated rings. The minimum absolute atomic E-state index is 0.338. The van der Waals surface area contributed by atoms with E-state index in [1.165, 1.54) is 18.2 Å². The summed E-state index contributed by atoms with van der Waals surface area (Å²) in [5.41, 5.74) is 1.44. The molecule has 2 aromatic carbocycles. The van der Waals surface area contributed by atoms with Crippen molar-refractivity contribution < 1.29 is 13.9 Å². The molecule has 0 bridgehead atoms. The lowest BCUT2D eigenvalue weighted by atomic mass is 10.0. The predicted octanol–water partition coefficient (Wildman–Crippen LogP) is 4.00. The maximum absolute atomic E-state index is 13.1. The standard InChI is InChI=1S/C14H11BrF2O/c15-12-7-9(1-6-13(12)17)8-14(18)10-2-4-11(16)5-3-10/h1-7,14,18H,8H2. The molecule has 1 nitrogen and oxygen atoms in total. The molecular formula is C14H11BrF2O. The second-order valence-corrected chi connectivity index (χ2v) is 4.87. The van der Waals surface area contributed by atoms with E-state index in [0.717, 1.165) is 5.56 Å². The Morgan fingerprint density at radius 2 is 1.72 bits per heavy atom. The second kappa shape index (κ2) is 5.59. The summed E-state index contributed by atoms with van der Waals surface area (Å²) < 4.78 is 26.2. The van der Waals surface area contributed by atoms with Crippen molar-refractivity contribution in [2.24, 2.45) is 0 Å². The van der Waals surface area contributed by atoms with Crippen LogP contribution in [0, 0.1) is 11.6 Å². The molecule has 0 heterocycles. The first kappa shape index (κ1) is 13.2. The molecule has 0 aliphatic carbocycles. The largest absolute Gasteiger partial charge is 0.388 e. The molecule has 2 aromatic rings. The summed E-state index contributed by atoms with van der Waals surface area (Å²) in [6, 6.07) is 10.3. The number of halogens is 3. The Kier molecular flexibility index (Phi) is 4.09. The Morgan fingerprint density at radius 1 is 1.06 bits per heavy atom. The van der Waals surface area contributed by atoms with Crippen LogP contribution in [0.2, 0.25) is 0 Å². The highest BCUT2D eigenvalue weighted by molar-refractivity contribution is 9.10. The van der Waals surface area contributed by atoms with Gasteiger partial charge in [-0.25, -0.2) is 8.78 Å². The Labute approximate surface area is 112 Å². The number of benzene rings is 2. The summed E-state index contributed by atoms with van der Waals surface area (Å²) in [7, 11) is 0. The molecule has 1 unspecified atom stereocenters. The van der Waals surface area contributed by atoms with Gasteiger partial charge in [-0.1, -0.05) is 18.2 Å². The fourth-order valence-corrected chi connectivity index (χ4v) is 2.12. The van der Waals surface area contributed by atoms with E-state index >= 15 is 0 Å². The molecule has 0 aliphatic heterocycles. The Morgan fingerprint density at radius 3 is 2.33 bits per heavy atom. The van der Waals surface area contributed by atoms with Crippen molar-refractivity contribution in [3.8, 4) is 0 Å². The van der Waals surface area contributed by atoms with Gasteiger partial charge < -0.3 is 5.11 Å². The third-order valence-electron chi connectivity index (χ3n) is 2.67. The highest BCUT2D eigenvalue weighted by atomic mass is 79.9. The van der Waals surface area contributed by atoms with Crippen molar-refractivity contribution in [2.75, 3.05) is 0 Å². The summed E-state index contributed by atoms with van der Waals surface area (Å²) in [6.07, 6.45) is -0.382. The monoisotopic (exact) mass is 312 g/mol. The van der Waals surface area contributed by atoms with Gasteiger partial charge in [0.1, 0.15) is 11.6 Å². The van der Waals surface area contributed by atoms with Crippen LogP contribution in [0.1, 0.15) is 17.2 Å². The van der Waals surface area contributed by atoms with Crippen LogP contribution in [0.15, 0.2) is 46.9 Å². The zero-order valence-corrected chi connectivity index (χ0v) is 11.0. The van der Waals surface area contributed by atoms with Gasteiger partial charge in [0, 0.05) is 6.42 Å². The van der Waals surface area contributed by atoms with Crippen LogP contribution in [-0.2, 0) is 6.42 Å². The number of aliphatic hydroxyl groups is 1. The van der Waals surface area contributed by atoms with E-state index in [0.29, 0.717) is 16.5 Å². The third-order valence-corrected chi connectivity index (χ3v) is 3.28. The van der Waals surface area contributed by atoms with Crippen LogP contribution in [0.25, 0.3) is 0 Å². The minimum atomic E-state index is -0.733. The van der Waals surface area contributed by atoms with E-state index in [4.69, 9.17) is 0 Å². The zero-order valence-electron chi connectivity index (χ0n) is 9.41. The number of hydrogen-bond donors (Lipinski definition) is 1. The molecular weight excluding hydrogens is 302 g/mol. The molecule has 0 amide bonds. The number of rotatable bonds is 3. The Hall–Kier alpha value is -1.26. The molecule has 0 aliphatic rings. The average molecular weight is 313 g/mol. The lowest BCUT2D eigenvalue weighted by Gasteiger charge is -2.11. The van der Waals surface area contributed by atoms with Crippen molar-refractivity contribution in [3.63, 3.8) is 0 Å². The first-order valence-corrected chi connectivity index (χ1v) is 6.23. The van der Waals surface area contributed by atoms with Gasteiger partial charge in [-0.05, 0) is 51.3 Å². The molecule has 4 heteroatoms. The normalized spacial score (nSPS) is 12.4. The first-order valence-electron chi connectivity index (χ1n) is 5.44. The van der Waals surface area contributed by atoms with Crippen molar-refractivity contribution in [2.45, 2.75) is 12.5 Å². The highest BCUT2D eigenvalue weighted by Crippen LogP contribution is 2.22. The molecule has 1 N–H and O–H groups in total. The quantitative estimate of drug-likeness (QED) is 0.908. The molecule has 0 saturated carbocycles. The highest BCUT2D eigenvalue weighted by Gasteiger charge is 2.10. The van der Waals surface area contributed by atoms with Crippen molar-refractivity contribution in [1.29, 1.82) is 0 Å². The smallest absolute Gasteiger partial charge is 0.137 e. The zero-order chi connectivity index (χ0) is 13.1.